The average molecular weight is 549 g/mol. The number of rotatable bonds is 4. The summed E-state index contributed by atoms with van der Waals surface area (Å²) in [5.41, 5.74) is 3.96. The van der Waals surface area contributed by atoms with Gasteiger partial charge in [0.1, 0.15) is 0 Å². The molecule has 0 aromatic heterocycles. The first kappa shape index (κ1) is 29.9. The molecule has 0 radical (unpaired) electrons. The molecule has 0 spiro atoms. The molecular weight excluding hydrogens is 507 g/mol. The zero-order chi connectivity index (χ0) is 21.0. The molecule has 0 unspecified atom stereocenters. The van der Waals surface area contributed by atoms with Crippen LogP contribution in [0.1, 0.15) is 54.4 Å². The molecule has 0 bridgehead atoms. The molecule has 0 N–H and O–H groups in total. The second kappa shape index (κ2) is 9.78. The third-order valence-corrected chi connectivity index (χ3v) is 14.7. The summed E-state index contributed by atoms with van der Waals surface area (Å²) in [6, 6.07) is 0. The molecular formula is C24H42Cl2Si2Zr. The summed E-state index contributed by atoms with van der Waals surface area (Å²) in [5.74, 6) is 0. The standard InChI is InChI=1S/2C12H21Si.2ClH.Zr/c2*1-12(2,3)10-8-7-9-11(10)13(4,5)6;;;/h2*8H,7H2,1-6H3;2*1H;/q;;;;+2/p-2. The third kappa shape index (κ3) is 6.92. The summed E-state index contributed by atoms with van der Waals surface area (Å²) in [6.45, 7) is 29.8. The van der Waals surface area contributed by atoms with E-state index in [1.807, 2.05) is 17.0 Å². The van der Waals surface area contributed by atoms with Crippen LogP contribution >= 0.6 is 0 Å². The summed E-state index contributed by atoms with van der Waals surface area (Å²) in [4.78, 5) is 0. The van der Waals surface area contributed by atoms with Crippen LogP contribution in [0.2, 0.25) is 39.3 Å². The maximum absolute atomic E-state index is 2.60. The van der Waals surface area contributed by atoms with E-state index in [1.165, 1.54) is 12.8 Å². The van der Waals surface area contributed by atoms with Crippen LogP contribution in [-0.4, -0.2) is 16.1 Å². The smallest absolute Gasteiger partial charge is 1.00 e. The Balaban J connectivity index is 0.00000392. The van der Waals surface area contributed by atoms with Gasteiger partial charge in [0.2, 0.25) is 0 Å². The normalized spacial score (nSPS) is 18.2. The van der Waals surface area contributed by atoms with Gasteiger partial charge in [-0.15, -0.1) is 0 Å². The minimum atomic E-state index is -1.33. The van der Waals surface area contributed by atoms with Gasteiger partial charge in [-0.05, 0) is 0 Å². The monoisotopic (exact) mass is 546 g/mol. The molecule has 0 saturated carbocycles. The molecule has 2 aliphatic carbocycles. The number of halogens is 2. The van der Waals surface area contributed by atoms with Gasteiger partial charge in [-0.2, -0.15) is 0 Å². The van der Waals surface area contributed by atoms with Crippen molar-refractivity contribution in [3.8, 4) is 0 Å². The quantitative estimate of drug-likeness (QED) is 0.472. The van der Waals surface area contributed by atoms with Crippen molar-refractivity contribution in [3.63, 3.8) is 0 Å². The van der Waals surface area contributed by atoms with Gasteiger partial charge in [-0.1, -0.05) is 0 Å². The summed E-state index contributed by atoms with van der Waals surface area (Å²) in [6.07, 6.45) is 7.72. The van der Waals surface area contributed by atoms with Crippen LogP contribution in [0.5, 0.6) is 0 Å². The van der Waals surface area contributed by atoms with Crippen LogP contribution in [-0.2, 0) is 23.2 Å². The minimum Gasteiger partial charge on any atom is -1.00 e. The van der Waals surface area contributed by atoms with Gasteiger partial charge in [0, 0.05) is 0 Å². The minimum absolute atomic E-state index is 0. The Morgan fingerprint density at radius 2 is 0.897 bits per heavy atom. The van der Waals surface area contributed by atoms with Gasteiger partial charge in [-0.25, -0.2) is 0 Å². The van der Waals surface area contributed by atoms with Gasteiger partial charge in [0.25, 0.3) is 0 Å². The van der Waals surface area contributed by atoms with Crippen molar-refractivity contribution >= 4 is 16.1 Å². The Morgan fingerprint density at radius 1 is 0.621 bits per heavy atom. The third-order valence-electron chi connectivity index (χ3n) is 5.58. The molecule has 0 aliphatic heterocycles. The first-order valence-electron chi connectivity index (χ1n) is 10.6. The molecule has 0 heterocycles. The van der Waals surface area contributed by atoms with Gasteiger partial charge < -0.3 is 24.8 Å². The van der Waals surface area contributed by atoms with E-state index in [4.69, 9.17) is 0 Å². The van der Waals surface area contributed by atoms with Crippen molar-refractivity contribution < 1.29 is 48.0 Å². The molecule has 0 aromatic carbocycles. The first-order chi connectivity index (χ1) is 11.9. The number of allylic oxidation sites excluding steroid dienone is 8. The van der Waals surface area contributed by atoms with E-state index in [9.17, 15) is 0 Å². The molecule has 0 amide bonds. The molecule has 0 saturated heterocycles. The Hall–Kier alpha value is 0.857. The Bertz CT molecular complexity index is 680. The second-order valence-electron chi connectivity index (χ2n) is 12.5. The van der Waals surface area contributed by atoms with Crippen molar-refractivity contribution in [2.45, 2.75) is 93.7 Å². The summed E-state index contributed by atoms with van der Waals surface area (Å²) in [7, 11) is -2.66. The summed E-state index contributed by atoms with van der Waals surface area (Å²) < 4.78 is 3.83. The first-order valence-corrected chi connectivity index (χ1v) is 20.1. The van der Waals surface area contributed by atoms with Crippen molar-refractivity contribution in [3.05, 3.63) is 40.3 Å². The molecule has 0 atom stereocenters. The van der Waals surface area contributed by atoms with E-state index in [0.29, 0.717) is 0 Å². The molecule has 0 aromatic rings. The Labute approximate surface area is 207 Å². The average Bonchev–Trinajstić information content (AvgIpc) is 3.00. The van der Waals surface area contributed by atoms with Gasteiger partial charge in [0.05, 0.1) is 0 Å². The fourth-order valence-electron chi connectivity index (χ4n) is 4.63. The van der Waals surface area contributed by atoms with Crippen LogP contribution in [0.4, 0.5) is 0 Å². The molecule has 5 heteroatoms. The summed E-state index contributed by atoms with van der Waals surface area (Å²) >= 11 is -0.694. The van der Waals surface area contributed by atoms with E-state index in [1.54, 1.807) is 11.1 Å². The van der Waals surface area contributed by atoms with Crippen molar-refractivity contribution in [2.75, 3.05) is 0 Å². The molecule has 2 rings (SSSR count). The zero-order valence-corrected chi connectivity index (χ0v) is 26.8. The largest absolute Gasteiger partial charge is 1.00 e. The van der Waals surface area contributed by atoms with Gasteiger partial charge >= 0.3 is 184 Å². The van der Waals surface area contributed by atoms with Crippen LogP contribution in [0, 0.1) is 10.8 Å². The molecule has 0 nitrogen and oxygen atoms in total. The topological polar surface area (TPSA) is 0 Å². The van der Waals surface area contributed by atoms with Crippen LogP contribution in [0.15, 0.2) is 40.3 Å². The molecule has 29 heavy (non-hydrogen) atoms. The SMILES string of the molecule is CC(C)(C)C1=CC[C]([Zr+2][C]2=C([Si](C)(C)C)C(C(C)(C)C)=CC2)=C1[Si](C)(C)C.[Cl-].[Cl-]. The van der Waals surface area contributed by atoms with Crippen LogP contribution in [0.3, 0.4) is 0 Å². The van der Waals surface area contributed by atoms with Crippen LogP contribution < -0.4 is 24.8 Å². The van der Waals surface area contributed by atoms with Gasteiger partial charge in [0.15, 0.2) is 0 Å². The molecule has 2 aliphatic rings. The number of hydrogen-bond acceptors (Lipinski definition) is 0. The van der Waals surface area contributed by atoms with Crippen LogP contribution in [0.25, 0.3) is 0 Å². The second-order valence-corrected chi connectivity index (χ2v) is 26.1. The summed E-state index contributed by atoms with van der Waals surface area (Å²) in [5, 5.41) is 3.71. The molecule has 0 fully saturated rings. The Morgan fingerprint density at radius 3 is 1.10 bits per heavy atom. The predicted molar refractivity (Wildman–Crippen MR) is 125 cm³/mol. The van der Waals surface area contributed by atoms with E-state index >= 15 is 0 Å². The van der Waals surface area contributed by atoms with E-state index < -0.39 is 39.4 Å². The van der Waals surface area contributed by atoms with Crippen molar-refractivity contribution in [2.24, 2.45) is 10.8 Å². The maximum Gasteiger partial charge on any atom is -1.00 e. The fourth-order valence-corrected chi connectivity index (χ4v) is 18.7. The predicted octanol–water partition coefficient (Wildman–Crippen LogP) is 2.09. The van der Waals surface area contributed by atoms with Crippen molar-refractivity contribution in [1.82, 2.24) is 0 Å². The Kier molecular flexibility index (Phi) is 10.1. The maximum atomic E-state index is 2.60. The van der Waals surface area contributed by atoms with Gasteiger partial charge in [-0.3, -0.25) is 0 Å². The zero-order valence-electron chi connectivity index (χ0n) is 20.8. The van der Waals surface area contributed by atoms with Crippen molar-refractivity contribution in [1.29, 1.82) is 0 Å². The van der Waals surface area contributed by atoms with E-state index in [-0.39, 0.29) is 35.6 Å². The van der Waals surface area contributed by atoms with E-state index in [0.717, 1.165) is 0 Å². The molecule has 164 valence electrons. The van der Waals surface area contributed by atoms with E-state index in [2.05, 4.69) is 93.0 Å². The fraction of sp³-hybridized carbons (Fsp3) is 0.667. The number of hydrogen-bond donors (Lipinski definition) is 0.